The Morgan fingerprint density at radius 2 is 1.89 bits per heavy atom. The number of aryl methyl sites for hydroxylation is 2. The Morgan fingerprint density at radius 3 is 2.67 bits per heavy atom. The Morgan fingerprint density at radius 1 is 1.11 bits per heavy atom. The van der Waals surface area contributed by atoms with Crippen molar-refractivity contribution < 1.29 is 14.3 Å². The lowest BCUT2D eigenvalue weighted by molar-refractivity contribution is 0.102. The molecule has 2 aromatic heterocycles. The van der Waals surface area contributed by atoms with Crippen molar-refractivity contribution in [1.29, 1.82) is 0 Å². The van der Waals surface area contributed by atoms with Crippen molar-refractivity contribution in [2.24, 2.45) is 0 Å². The van der Waals surface area contributed by atoms with E-state index in [-0.39, 0.29) is 10.6 Å². The van der Waals surface area contributed by atoms with Gasteiger partial charge in [-0.1, -0.05) is 11.3 Å². The van der Waals surface area contributed by atoms with Crippen LogP contribution in [0.25, 0.3) is 10.2 Å². The molecule has 8 heteroatoms. The average molecular weight is 402 g/mol. The van der Waals surface area contributed by atoms with E-state index in [2.05, 4.69) is 10.3 Å². The lowest BCUT2D eigenvalue weighted by atomic mass is 9.98. The van der Waals surface area contributed by atoms with E-state index in [0.717, 1.165) is 48.0 Å². The fourth-order valence-electron chi connectivity index (χ4n) is 3.29. The molecule has 0 radical (unpaired) electrons. The summed E-state index contributed by atoms with van der Waals surface area (Å²) >= 11 is 2.55. The zero-order chi connectivity index (χ0) is 19.0. The molecule has 1 aliphatic rings. The number of amides is 1. The fraction of sp³-hybridized carbons (Fsp3) is 0.316. The molecule has 0 aliphatic heterocycles. The van der Waals surface area contributed by atoms with Gasteiger partial charge in [0.1, 0.15) is 4.83 Å². The van der Waals surface area contributed by atoms with Gasteiger partial charge in [0.05, 0.1) is 19.6 Å². The monoisotopic (exact) mass is 402 g/mol. The molecule has 140 valence electrons. The summed E-state index contributed by atoms with van der Waals surface area (Å²) < 4.78 is 10.4. The molecule has 0 bridgehead atoms. The van der Waals surface area contributed by atoms with Crippen molar-refractivity contribution in [3.63, 3.8) is 0 Å². The number of carbonyl (C=O) groups excluding carboxylic acids is 1. The molecule has 0 unspecified atom stereocenters. The minimum absolute atomic E-state index is 0.0398. The highest BCUT2D eigenvalue weighted by molar-refractivity contribution is 7.20. The molecule has 27 heavy (non-hydrogen) atoms. The van der Waals surface area contributed by atoms with E-state index >= 15 is 0 Å². The summed E-state index contributed by atoms with van der Waals surface area (Å²) in [5.74, 6) is 0.662. The maximum Gasteiger partial charge on any atom is 0.257 e. The van der Waals surface area contributed by atoms with Crippen molar-refractivity contribution >= 4 is 43.9 Å². The number of rotatable bonds is 4. The molecule has 1 N–H and O–H groups in total. The van der Waals surface area contributed by atoms with Gasteiger partial charge in [0.2, 0.25) is 4.74 Å². The number of nitrogens with zero attached hydrogens (tertiary/aromatic N) is 1. The van der Waals surface area contributed by atoms with E-state index < -0.39 is 0 Å². The number of methoxy groups -OCH3 is 2. The molecule has 0 saturated heterocycles. The van der Waals surface area contributed by atoms with Gasteiger partial charge >= 0.3 is 0 Å². The van der Waals surface area contributed by atoms with Crippen LogP contribution in [0.2, 0.25) is 0 Å². The van der Waals surface area contributed by atoms with Gasteiger partial charge in [0.25, 0.3) is 5.91 Å². The number of hydrogen-bond acceptors (Lipinski definition) is 7. The first-order chi connectivity index (χ1) is 13.1. The number of carbonyl (C=O) groups is 1. The fourth-order valence-corrected chi connectivity index (χ4v) is 5.46. The Hall–Kier alpha value is -2.45. The summed E-state index contributed by atoms with van der Waals surface area (Å²) in [7, 11) is 3.05. The zero-order valence-corrected chi connectivity index (χ0v) is 16.6. The number of anilines is 1. The largest absolute Gasteiger partial charge is 0.493 e. The number of benzene rings is 1. The second-order valence-corrected chi connectivity index (χ2v) is 8.27. The van der Waals surface area contributed by atoms with Gasteiger partial charge in [0.15, 0.2) is 16.6 Å². The molecule has 3 aromatic rings. The van der Waals surface area contributed by atoms with Gasteiger partial charge < -0.3 is 9.47 Å². The number of hydrogen-bond donors (Lipinski definition) is 1. The molecular formula is C19H18N2O4S2. The van der Waals surface area contributed by atoms with Crippen LogP contribution in [0.15, 0.2) is 23.0 Å². The number of thiophene rings is 1. The van der Waals surface area contributed by atoms with Crippen molar-refractivity contribution in [2.45, 2.75) is 25.7 Å². The smallest absolute Gasteiger partial charge is 0.257 e. The third-order valence-corrected chi connectivity index (χ3v) is 6.58. The molecule has 0 fully saturated rings. The van der Waals surface area contributed by atoms with Crippen molar-refractivity contribution in [3.8, 4) is 11.5 Å². The molecule has 0 saturated carbocycles. The van der Waals surface area contributed by atoms with E-state index in [1.807, 2.05) is 0 Å². The minimum Gasteiger partial charge on any atom is -0.493 e. The molecule has 6 nitrogen and oxygen atoms in total. The standard InChI is InChI=1S/C19H18N2O4S2/c1-24-12-8-7-10(9-13(12)25-2)16(22)20-19-21-17-15(18(23)27-19)11-5-3-4-6-14(11)26-17/h7-9H,3-6H2,1-2H3,(H,20,21,22). The van der Waals surface area contributed by atoms with E-state index in [9.17, 15) is 9.59 Å². The van der Waals surface area contributed by atoms with Crippen LogP contribution in [0.3, 0.4) is 0 Å². The Kier molecular flexibility index (Phi) is 4.84. The third kappa shape index (κ3) is 3.30. The van der Waals surface area contributed by atoms with Crippen LogP contribution >= 0.6 is 22.7 Å². The van der Waals surface area contributed by atoms with Gasteiger partial charge in [-0.05, 0) is 49.4 Å². The lowest BCUT2D eigenvalue weighted by Gasteiger charge is -2.10. The second-order valence-electron chi connectivity index (χ2n) is 6.22. The lowest BCUT2D eigenvalue weighted by Crippen LogP contribution is -2.14. The van der Waals surface area contributed by atoms with Crippen LogP contribution in [0.1, 0.15) is 33.6 Å². The Labute approximate surface area is 163 Å². The SMILES string of the molecule is COc1ccc(C(=O)Nc2nc3sc4c(c3c(=O)s2)CCCC4)cc1OC. The van der Waals surface area contributed by atoms with Crippen LogP contribution < -0.4 is 19.5 Å². The van der Waals surface area contributed by atoms with E-state index in [4.69, 9.17) is 9.47 Å². The molecule has 2 heterocycles. The normalized spacial score (nSPS) is 13.3. The Balaban J connectivity index is 1.65. The maximum absolute atomic E-state index is 12.6. The van der Waals surface area contributed by atoms with Gasteiger partial charge in [-0.15, -0.1) is 11.3 Å². The van der Waals surface area contributed by atoms with Crippen molar-refractivity contribution in [2.75, 3.05) is 19.5 Å². The zero-order valence-electron chi connectivity index (χ0n) is 15.0. The quantitative estimate of drug-likeness (QED) is 0.717. The molecule has 0 atom stereocenters. The third-order valence-electron chi connectivity index (χ3n) is 4.62. The van der Waals surface area contributed by atoms with E-state index in [1.54, 1.807) is 29.5 Å². The number of nitrogens with one attached hydrogen (secondary N) is 1. The first kappa shape index (κ1) is 17.9. The van der Waals surface area contributed by atoms with Crippen molar-refractivity contribution in [1.82, 2.24) is 4.98 Å². The highest BCUT2D eigenvalue weighted by Gasteiger charge is 2.20. The second kappa shape index (κ2) is 7.28. The van der Waals surface area contributed by atoms with Crippen LogP contribution in [0.5, 0.6) is 11.5 Å². The molecule has 1 aliphatic carbocycles. The summed E-state index contributed by atoms with van der Waals surface area (Å²) in [6.07, 6.45) is 4.21. The predicted octanol–water partition coefficient (Wildman–Crippen LogP) is 3.87. The summed E-state index contributed by atoms with van der Waals surface area (Å²) in [5, 5.41) is 3.79. The molecular weight excluding hydrogens is 384 g/mol. The topological polar surface area (TPSA) is 77.5 Å². The summed E-state index contributed by atoms with van der Waals surface area (Å²) in [6.45, 7) is 0. The van der Waals surface area contributed by atoms with Crippen LogP contribution in [0.4, 0.5) is 5.13 Å². The molecule has 0 spiro atoms. The van der Waals surface area contributed by atoms with E-state index in [1.165, 1.54) is 19.1 Å². The van der Waals surface area contributed by atoms with Gasteiger partial charge in [-0.3, -0.25) is 14.9 Å². The Bertz CT molecular complexity index is 1090. The highest BCUT2D eigenvalue weighted by Crippen LogP contribution is 2.35. The number of fused-ring (bicyclic) bond motifs is 3. The highest BCUT2D eigenvalue weighted by atomic mass is 32.1. The van der Waals surface area contributed by atoms with Crippen molar-refractivity contribution in [3.05, 3.63) is 43.7 Å². The van der Waals surface area contributed by atoms with Gasteiger partial charge in [-0.25, -0.2) is 4.98 Å². The first-order valence-electron chi connectivity index (χ1n) is 8.59. The van der Waals surface area contributed by atoms with Gasteiger partial charge in [-0.2, -0.15) is 0 Å². The predicted molar refractivity (Wildman–Crippen MR) is 108 cm³/mol. The molecule has 1 aromatic carbocycles. The first-order valence-corrected chi connectivity index (χ1v) is 10.2. The maximum atomic E-state index is 12.6. The van der Waals surface area contributed by atoms with Crippen LogP contribution in [-0.4, -0.2) is 25.1 Å². The summed E-state index contributed by atoms with van der Waals surface area (Å²) in [5.41, 5.74) is 1.56. The van der Waals surface area contributed by atoms with Crippen LogP contribution in [0, 0.1) is 0 Å². The molecule has 1 amide bonds. The minimum atomic E-state index is -0.347. The number of aromatic nitrogens is 1. The van der Waals surface area contributed by atoms with E-state index in [0.29, 0.717) is 27.0 Å². The van der Waals surface area contributed by atoms with Crippen LogP contribution in [-0.2, 0) is 12.8 Å². The average Bonchev–Trinajstić information content (AvgIpc) is 3.06. The summed E-state index contributed by atoms with van der Waals surface area (Å²) in [4.78, 5) is 31.7. The number of ether oxygens (including phenoxy) is 2. The van der Waals surface area contributed by atoms with Gasteiger partial charge in [0, 0.05) is 10.4 Å². The molecule has 4 rings (SSSR count). The summed E-state index contributed by atoms with van der Waals surface area (Å²) in [6, 6.07) is 4.90.